The standard InChI is InChI=1S/C22H38N2O5S/c1-7-17(3)29-19(15-24(30(6,26)27)22(4,5)8-2)16-28-21(25)20(23)14-18-12-10-9-11-13-18/h9-13,17,19-20H,7-8,14-16,23H2,1-6H3/t17-,19-,20-/m0/s1. The van der Waals surface area contributed by atoms with Crippen LogP contribution in [0.15, 0.2) is 30.3 Å². The number of nitrogens with two attached hydrogens (primary N) is 1. The van der Waals surface area contributed by atoms with Gasteiger partial charge in [-0.05, 0) is 45.6 Å². The molecule has 1 aromatic carbocycles. The molecule has 0 radical (unpaired) electrons. The largest absolute Gasteiger partial charge is 0.462 e. The number of sulfonamides is 1. The van der Waals surface area contributed by atoms with Crippen LogP contribution in [0.25, 0.3) is 0 Å². The molecule has 1 aromatic rings. The highest BCUT2D eigenvalue weighted by Crippen LogP contribution is 2.23. The van der Waals surface area contributed by atoms with Crippen LogP contribution >= 0.6 is 0 Å². The summed E-state index contributed by atoms with van der Waals surface area (Å²) in [6.45, 7) is 9.61. The Morgan fingerprint density at radius 1 is 1.20 bits per heavy atom. The number of carbonyl (C=O) groups excluding carboxylic acids is 1. The second-order valence-electron chi connectivity index (χ2n) is 8.36. The molecule has 172 valence electrons. The summed E-state index contributed by atoms with van der Waals surface area (Å²) in [4.78, 5) is 12.4. The van der Waals surface area contributed by atoms with E-state index in [0.29, 0.717) is 12.8 Å². The first-order chi connectivity index (χ1) is 13.9. The Balaban J connectivity index is 2.85. The fourth-order valence-electron chi connectivity index (χ4n) is 2.99. The van der Waals surface area contributed by atoms with Gasteiger partial charge in [0.05, 0.1) is 12.4 Å². The highest BCUT2D eigenvalue weighted by atomic mass is 32.2. The molecule has 0 amide bonds. The minimum atomic E-state index is -3.48. The number of esters is 1. The van der Waals surface area contributed by atoms with Crippen molar-refractivity contribution in [2.24, 2.45) is 5.73 Å². The maximum absolute atomic E-state index is 12.4. The average Bonchev–Trinajstić information content (AvgIpc) is 2.68. The summed E-state index contributed by atoms with van der Waals surface area (Å²) in [6.07, 6.45) is 2.26. The van der Waals surface area contributed by atoms with E-state index in [9.17, 15) is 13.2 Å². The van der Waals surface area contributed by atoms with Crippen LogP contribution in [0.5, 0.6) is 0 Å². The number of nitrogens with zero attached hydrogens (tertiary/aromatic N) is 1. The van der Waals surface area contributed by atoms with Crippen molar-refractivity contribution >= 4 is 16.0 Å². The zero-order chi connectivity index (χ0) is 22.9. The van der Waals surface area contributed by atoms with Gasteiger partial charge in [-0.25, -0.2) is 8.42 Å². The van der Waals surface area contributed by atoms with Crippen LogP contribution in [0.2, 0.25) is 0 Å². The van der Waals surface area contributed by atoms with Crippen LogP contribution in [0.1, 0.15) is 53.0 Å². The predicted molar refractivity (Wildman–Crippen MR) is 120 cm³/mol. The molecule has 30 heavy (non-hydrogen) atoms. The molecule has 0 aliphatic heterocycles. The lowest BCUT2D eigenvalue weighted by Gasteiger charge is -2.38. The maximum Gasteiger partial charge on any atom is 0.323 e. The van der Waals surface area contributed by atoms with Crippen LogP contribution < -0.4 is 5.73 Å². The van der Waals surface area contributed by atoms with Crippen molar-refractivity contribution in [3.05, 3.63) is 35.9 Å². The van der Waals surface area contributed by atoms with E-state index in [1.165, 1.54) is 10.6 Å². The molecule has 0 saturated carbocycles. The number of ether oxygens (including phenoxy) is 2. The average molecular weight is 443 g/mol. The van der Waals surface area contributed by atoms with Gasteiger partial charge in [0, 0.05) is 12.1 Å². The molecule has 0 aliphatic rings. The van der Waals surface area contributed by atoms with Gasteiger partial charge in [-0.2, -0.15) is 4.31 Å². The third-order valence-corrected chi connectivity index (χ3v) is 6.77. The molecule has 0 fully saturated rings. The van der Waals surface area contributed by atoms with Crippen molar-refractivity contribution in [2.75, 3.05) is 19.4 Å². The Morgan fingerprint density at radius 3 is 2.30 bits per heavy atom. The topological polar surface area (TPSA) is 98.9 Å². The molecule has 0 spiro atoms. The lowest BCUT2D eigenvalue weighted by Crippen LogP contribution is -2.52. The second-order valence-corrected chi connectivity index (χ2v) is 10.3. The quantitative estimate of drug-likeness (QED) is 0.472. The lowest BCUT2D eigenvalue weighted by atomic mass is 10.0. The second kappa shape index (κ2) is 11.8. The van der Waals surface area contributed by atoms with Gasteiger partial charge in [0.1, 0.15) is 18.8 Å². The molecule has 0 aromatic heterocycles. The van der Waals surface area contributed by atoms with E-state index in [1.54, 1.807) is 0 Å². The summed E-state index contributed by atoms with van der Waals surface area (Å²) < 4.78 is 37.7. The molecule has 1 rings (SSSR count). The smallest absolute Gasteiger partial charge is 0.323 e. The summed E-state index contributed by atoms with van der Waals surface area (Å²) in [5, 5.41) is 0. The molecule has 3 atom stereocenters. The molecule has 2 N–H and O–H groups in total. The van der Waals surface area contributed by atoms with E-state index in [-0.39, 0.29) is 19.3 Å². The summed E-state index contributed by atoms with van der Waals surface area (Å²) >= 11 is 0. The number of rotatable bonds is 13. The molecular formula is C22H38N2O5S. The zero-order valence-electron chi connectivity index (χ0n) is 19.1. The SMILES string of the molecule is CC[C@H](C)O[C@H](COC(=O)[C@@H](N)Cc1ccccc1)CN(C(C)(C)CC)S(C)(=O)=O. The monoisotopic (exact) mass is 442 g/mol. The van der Waals surface area contributed by atoms with Gasteiger partial charge in [-0.15, -0.1) is 0 Å². The van der Waals surface area contributed by atoms with Gasteiger partial charge in [0.15, 0.2) is 0 Å². The molecule has 0 aliphatic carbocycles. The fraction of sp³-hybridized carbons (Fsp3) is 0.682. The molecule has 7 nitrogen and oxygen atoms in total. The van der Waals surface area contributed by atoms with Crippen LogP contribution in [0, 0.1) is 0 Å². The summed E-state index contributed by atoms with van der Waals surface area (Å²) in [7, 11) is -3.48. The van der Waals surface area contributed by atoms with E-state index in [0.717, 1.165) is 12.0 Å². The van der Waals surface area contributed by atoms with Crippen LogP contribution in [0.4, 0.5) is 0 Å². The molecule has 0 unspecified atom stereocenters. The minimum absolute atomic E-state index is 0.0581. The Bertz CT molecular complexity index is 752. The maximum atomic E-state index is 12.4. The predicted octanol–water partition coefficient (Wildman–Crippen LogP) is 2.73. The van der Waals surface area contributed by atoms with Crippen molar-refractivity contribution in [1.29, 1.82) is 0 Å². The summed E-state index contributed by atoms with van der Waals surface area (Å²) in [5.41, 5.74) is 6.36. The molecule has 0 bridgehead atoms. The normalized spacial score (nSPS) is 15.6. The summed E-state index contributed by atoms with van der Waals surface area (Å²) in [5.74, 6) is -0.530. The van der Waals surface area contributed by atoms with Crippen LogP contribution in [-0.2, 0) is 30.7 Å². The molecule has 0 saturated heterocycles. The Morgan fingerprint density at radius 2 is 1.80 bits per heavy atom. The van der Waals surface area contributed by atoms with Gasteiger partial charge >= 0.3 is 5.97 Å². The van der Waals surface area contributed by atoms with E-state index >= 15 is 0 Å². The Kier molecular flexibility index (Phi) is 10.4. The van der Waals surface area contributed by atoms with Gasteiger partial charge < -0.3 is 15.2 Å². The Labute approximate surface area is 182 Å². The minimum Gasteiger partial charge on any atom is -0.462 e. The van der Waals surface area contributed by atoms with Crippen molar-refractivity contribution < 1.29 is 22.7 Å². The third-order valence-electron chi connectivity index (χ3n) is 5.32. The molecule has 8 heteroatoms. The van der Waals surface area contributed by atoms with Crippen molar-refractivity contribution in [3.8, 4) is 0 Å². The summed E-state index contributed by atoms with van der Waals surface area (Å²) in [6, 6.07) is 8.68. The van der Waals surface area contributed by atoms with Gasteiger partial charge in [0.2, 0.25) is 10.0 Å². The number of hydrogen-bond donors (Lipinski definition) is 1. The Hall–Kier alpha value is -1.48. The van der Waals surface area contributed by atoms with Crippen molar-refractivity contribution in [1.82, 2.24) is 4.31 Å². The zero-order valence-corrected chi connectivity index (χ0v) is 19.9. The number of carbonyl (C=O) groups is 1. The third kappa shape index (κ3) is 8.71. The first-order valence-corrected chi connectivity index (χ1v) is 12.3. The van der Waals surface area contributed by atoms with Crippen LogP contribution in [-0.4, -0.2) is 61.9 Å². The number of benzene rings is 1. The highest BCUT2D eigenvalue weighted by Gasteiger charge is 2.35. The highest BCUT2D eigenvalue weighted by molar-refractivity contribution is 7.88. The van der Waals surface area contributed by atoms with Gasteiger partial charge in [-0.3, -0.25) is 4.79 Å². The van der Waals surface area contributed by atoms with E-state index in [1.807, 2.05) is 65.0 Å². The van der Waals surface area contributed by atoms with E-state index < -0.39 is 33.7 Å². The first kappa shape index (κ1) is 26.6. The van der Waals surface area contributed by atoms with Crippen molar-refractivity contribution in [3.63, 3.8) is 0 Å². The molecule has 0 heterocycles. The lowest BCUT2D eigenvalue weighted by molar-refractivity contribution is -0.151. The molecular weight excluding hydrogens is 404 g/mol. The van der Waals surface area contributed by atoms with E-state index in [4.69, 9.17) is 15.2 Å². The first-order valence-electron chi connectivity index (χ1n) is 10.5. The van der Waals surface area contributed by atoms with Gasteiger partial charge in [-0.1, -0.05) is 44.2 Å². The van der Waals surface area contributed by atoms with Gasteiger partial charge in [0.25, 0.3) is 0 Å². The van der Waals surface area contributed by atoms with Crippen LogP contribution in [0.3, 0.4) is 0 Å². The van der Waals surface area contributed by atoms with E-state index in [2.05, 4.69) is 0 Å². The van der Waals surface area contributed by atoms with Crippen molar-refractivity contribution in [2.45, 2.75) is 77.7 Å². The number of hydrogen-bond acceptors (Lipinski definition) is 6. The fourth-order valence-corrected chi connectivity index (χ4v) is 4.45.